The van der Waals surface area contributed by atoms with Gasteiger partial charge in [0, 0.05) is 0 Å². The molecule has 0 bridgehead atoms. The molecule has 5 rings (SSSR count). The SMILES string of the molecule is [Zr+2]=[CH]Cc1ccccc1.[c-]1cccc2c1Cc1ccccc1-2.c1cc[cH-]c1. The first-order valence-electron chi connectivity index (χ1n) is 9.16. The number of hydrogen-bond donors (Lipinski definition) is 0. The largest absolute Gasteiger partial charge is 0.214 e. The molecule has 0 nitrogen and oxygen atoms in total. The predicted molar refractivity (Wildman–Crippen MR) is 112 cm³/mol. The Balaban J connectivity index is 0.000000130. The molecule has 0 atom stereocenters. The molecule has 0 heterocycles. The van der Waals surface area contributed by atoms with Gasteiger partial charge in [0.05, 0.1) is 0 Å². The normalized spacial score (nSPS) is 10.4. The first-order chi connectivity index (χ1) is 13.4. The minimum atomic E-state index is 1.05. The third-order valence-corrected chi connectivity index (χ3v) is 4.85. The van der Waals surface area contributed by atoms with Crippen LogP contribution in [0.15, 0.2) is 103 Å². The first kappa shape index (κ1) is 19.5. The van der Waals surface area contributed by atoms with Crippen LogP contribution < -0.4 is 0 Å². The van der Waals surface area contributed by atoms with Crippen LogP contribution in [-0.2, 0) is 37.1 Å². The summed E-state index contributed by atoms with van der Waals surface area (Å²) in [5, 5.41) is 0. The predicted octanol–water partition coefficient (Wildman–Crippen LogP) is 6.04. The standard InChI is InChI=1S/C13H9.C8H8.C5H5.Zr/c1-3-7-12-10(5-1)9-11-6-2-4-8-13(11)12;1-2-8-6-4-3-5-7-8;1-2-4-5-3-1;/h1-5,7-8H,9H2;1,3-7H,2H2;1-5H;/q-1;;-1;+2. The van der Waals surface area contributed by atoms with Gasteiger partial charge in [0.15, 0.2) is 0 Å². The molecule has 4 aromatic rings. The van der Waals surface area contributed by atoms with Gasteiger partial charge in [-0.15, -0.1) is 5.56 Å². The van der Waals surface area contributed by atoms with Gasteiger partial charge in [0.25, 0.3) is 0 Å². The van der Waals surface area contributed by atoms with Crippen LogP contribution in [0, 0.1) is 6.07 Å². The molecule has 0 amide bonds. The maximum atomic E-state index is 3.30. The van der Waals surface area contributed by atoms with E-state index in [1.165, 1.54) is 52.1 Å². The van der Waals surface area contributed by atoms with E-state index in [1.807, 2.05) is 42.5 Å². The summed E-state index contributed by atoms with van der Waals surface area (Å²) in [7, 11) is 0. The monoisotopic (exact) mass is 424 g/mol. The van der Waals surface area contributed by atoms with Crippen LogP contribution in [0.25, 0.3) is 11.1 Å². The molecule has 27 heavy (non-hydrogen) atoms. The Morgan fingerprint density at radius 2 is 1.52 bits per heavy atom. The quantitative estimate of drug-likeness (QED) is 0.302. The van der Waals surface area contributed by atoms with Gasteiger partial charge in [-0.3, -0.25) is 0 Å². The van der Waals surface area contributed by atoms with Gasteiger partial charge in [0.2, 0.25) is 0 Å². The zero-order valence-corrected chi connectivity index (χ0v) is 17.8. The summed E-state index contributed by atoms with van der Waals surface area (Å²) in [4.78, 5) is 0. The van der Waals surface area contributed by atoms with E-state index in [2.05, 4.69) is 70.4 Å². The van der Waals surface area contributed by atoms with Crippen LogP contribution in [-0.4, -0.2) is 3.71 Å². The molecule has 0 spiro atoms. The van der Waals surface area contributed by atoms with Crippen molar-refractivity contribution in [3.05, 3.63) is 126 Å². The van der Waals surface area contributed by atoms with E-state index < -0.39 is 0 Å². The summed E-state index contributed by atoms with van der Waals surface area (Å²) in [6, 6.07) is 38.6. The van der Waals surface area contributed by atoms with Crippen molar-refractivity contribution in [1.82, 2.24) is 0 Å². The van der Waals surface area contributed by atoms with E-state index in [9.17, 15) is 0 Å². The average Bonchev–Trinajstić information content (AvgIpc) is 3.41. The van der Waals surface area contributed by atoms with E-state index in [0.29, 0.717) is 0 Å². The molecule has 0 N–H and O–H groups in total. The fraction of sp³-hybridized carbons (Fsp3) is 0.0769. The number of benzene rings is 3. The van der Waals surface area contributed by atoms with Crippen LogP contribution in [0.2, 0.25) is 0 Å². The third-order valence-electron chi connectivity index (χ3n) is 4.35. The fourth-order valence-corrected chi connectivity index (χ4v) is 3.63. The molecule has 0 saturated carbocycles. The van der Waals surface area contributed by atoms with E-state index in [0.717, 1.165) is 12.8 Å². The molecule has 1 aliphatic carbocycles. The zero-order chi connectivity index (χ0) is 18.7. The Bertz CT molecular complexity index is 876. The van der Waals surface area contributed by atoms with Gasteiger partial charge in [-0.05, 0) is 6.42 Å². The molecule has 0 unspecified atom stereocenters. The van der Waals surface area contributed by atoms with E-state index in [-0.39, 0.29) is 0 Å². The molecule has 0 radical (unpaired) electrons. The Morgan fingerprint density at radius 1 is 0.815 bits per heavy atom. The van der Waals surface area contributed by atoms with Crippen molar-refractivity contribution in [3.63, 3.8) is 0 Å². The molecular formula is C26H22Zr. The van der Waals surface area contributed by atoms with E-state index in [1.54, 1.807) is 0 Å². The van der Waals surface area contributed by atoms with Crippen molar-refractivity contribution in [1.29, 1.82) is 0 Å². The third kappa shape index (κ3) is 5.88. The topological polar surface area (TPSA) is 0 Å². The van der Waals surface area contributed by atoms with Crippen LogP contribution in [0.3, 0.4) is 0 Å². The van der Waals surface area contributed by atoms with Crippen LogP contribution in [0.1, 0.15) is 16.7 Å². The van der Waals surface area contributed by atoms with Crippen molar-refractivity contribution in [3.8, 4) is 11.1 Å². The Morgan fingerprint density at radius 3 is 2.22 bits per heavy atom. The summed E-state index contributed by atoms with van der Waals surface area (Å²) < 4.78 is 2.25. The molecule has 1 heteroatoms. The molecule has 4 aromatic carbocycles. The minimum absolute atomic E-state index is 1.05. The maximum Gasteiger partial charge on any atom is -0.0253 e. The summed E-state index contributed by atoms with van der Waals surface area (Å²) in [6.07, 6.45) is 2.17. The van der Waals surface area contributed by atoms with Crippen molar-refractivity contribution >= 4 is 3.71 Å². The van der Waals surface area contributed by atoms with Crippen LogP contribution >= 0.6 is 0 Å². The second-order valence-corrected chi connectivity index (χ2v) is 7.26. The smallest absolute Gasteiger partial charge is 0.0253 e. The summed E-state index contributed by atoms with van der Waals surface area (Å²) >= 11 is 1.51. The van der Waals surface area contributed by atoms with Gasteiger partial charge in [0.1, 0.15) is 0 Å². The number of rotatable bonds is 2. The van der Waals surface area contributed by atoms with Crippen LogP contribution in [0.4, 0.5) is 0 Å². The fourth-order valence-electron chi connectivity index (χ4n) is 3.05. The molecule has 0 aromatic heterocycles. The number of hydrogen-bond acceptors (Lipinski definition) is 0. The Labute approximate surface area is 177 Å². The van der Waals surface area contributed by atoms with E-state index >= 15 is 0 Å². The van der Waals surface area contributed by atoms with Gasteiger partial charge >= 0.3 is 70.3 Å². The summed E-state index contributed by atoms with van der Waals surface area (Å²) in [6.45, 7) is 0. The Hall–Kier alpha value is -2.24. The second-order valence-electron chi connectivity index (χ2n) is 6.25. The molecule has 1 aliphatic rings. The zero-order valence-electron chi connectivity index (χ0n) is 15.3. The average molecular weight is 426 g/mol. The van der Waals surface area contributed by atoms with Crippen LogP contribution in [0.5, 0.6) is 0 Å². The minimum Gasteiger partial charge on any atom is -0.214 e. The van der Waals surface area contributed by atoms with Crippen molar-refractivity contribution in [2.24, 2.45) is 0 Å². The van der Waals surface area contributed by atoms with Gasteiger partial charge in [-0.25, -0.2) is 12.1 Å². The first-order valence-corrected chi connectivity index (χ1v) is 10.6. The second kappa shape index (κ2) is 10.8. The summed E-state index contributed by atoms with van der Waals surface area (Å²) in [5.41, 5.74) is 6.92. The van der Waals surface area contributed by atoms with Crippen molar-refractivity contribution in [2.75, 3.05) is 0 Å². The van der Waals surface area contributed by atoms with Gasteiger partial charge in [-0.1, -0.05) is 35.4 Å². The van der Waals surface area contributed by atoms with Crippen molar-refractivity contribution in [2.45, 2.75) is 12.8 Å². The molecular weight excluding hydrogens is 404 g/mol. The summed E-state index contributed by atoms with van der Waals surface area (Å²) in [5.74, 6) is 0. The molecule has 0 fully saturated rings. The van der Waals surface area contributed by atoms with Gasteiger partial charge in [-0.2, -0.15) is 48.0 Å². The Kier molecular flexibility index (Phi) is 7.81. The van der Waals surface area contributed by atoms with Crippen molar-refractivity contribution < 1.29 is 24.2 Å². The van der Waals surface area contributed by atoms with Gasteiger partial charge < -0.3 is 0 Å². The molecule has 0 aliphatic heterocycles. The molecule has 0 saturated heterocycles. The number of fused-ring (bicyclic) bond motifs is 3. The molecule has 130 valence electrons. The maximum absolute atomic E-state index is 3.30. The van der Waals surface area contributed by atoms with E-state index in [4.69, 9.17) is 0 Å².